The molecule has 0 saturated carbocycles. The second kappa shape index (κ2) is 7.44. The highest BCUT2D eigenvalue weighted by atomic mass is 19.4. The van der Waals surface area contributed by atoms with Gasteiger partial charge in [0.1, 0.15) is 0 Å². The van der Waals surface area contributed by atoms with Crippen LogP contribution in [0.15, 0.2) is 54.6 Å². The van der Waals surface area contributed by atoms with Crippen molar-refractivity contribution in [2.24, 2.45) is 0 Å². The predicted molar refractivity (Wildman–Crippen MR) is 112 cm³/mol. The van der Waals surface area contributed by atoms with Crippen molar-refractivity contribution in [1.29, 1.82) is 0 Å². The highest BCUT2D eigenvalue weighted by Gasteiger charge is 2.40. The second-order valence-corrected chi connectivity index (χ2v) is 7.76. The SMILES string of the molecule is Cc1ccc2nc(-c3ccccc3)cc(C(=O)N3CCn4c(nnc4C(F)(F)F)C3)c2c1. The maximum absolute atomic E-state index is 13.5. The number of hydrogen-bond donors (Lipinski definition) is 0. The van der Waals surface area contributed by atoms with Crippen LogP contribution in [0.3, 0.4) is 0 Å². The van der Waals surface area contributed by atoms with Gasteiger partial charge in [-0.25, -0.2) is 4.98 Å². The summed E-state index contributed by atoms with van der Waals surface area (Å²) in [6.07, 6.45) is -4.58. The van der Waals surface area contributed by atoms with Gasteiger partial charge in [-0.3, -0.25) is 4.79 Å². The van der Waals surface area contributed by atoms with E-state index in [4.69, 9.17) is 4.98 Å². The largest absolute Gasteiger partial charge is 0.451 e. The minimum absolute atomic E-state index is 0.0174. The lowest BCUT2D eigenvalue weighted by Gasteiger charge is -2.28. The Morgan fingerprint density at radius 3 is 2.53 bits per heavy atom. The molecule has 1 aliphatic heterocycles. The van der Waals surface area contributed by atoms with Crippen molar-refractivity contribution in [3.63, 3.8) is 0 Å². The zero-order chi connectivity index (χ0) is 22.5. The Bertz CT molecular complexity index is 1330. The zero-order valence-electron chi connectivity index (χ0n) is 17.1. The number of fused-ring (bicyclic) bond motifs is 2. The molecule has 0 aliphatic carbocycles. The van der Waals surface area contributed by atoms with E-state index in [2.05, 4.69) is 10.2 Å². The van der Waals surface area contributed by atoms with E-state index in [1.165, 1.54) is 4.90 Å². The number of halogens is 3. The monoisotopic (exact) mass is 437 g/mol. The van der Waals surface area contributed by atoms with Gasteiger partial charge in [0.05, 0.1) is 23.3 Å². The predicted octanol–water partition coefficient (Wildman–Crippen LogP) is 4.48. The van der Waals surface area contributed by atoms with Gasteiger partial charge < -0.3 is 9.47 Å². The van der Waals surface area contributed by atoms with Crippen molar-refractivity contribution in [2.45, 2.75) is 26.2 Å². The van der Waals surface area contributed by atoms with E-state index in [-0.39, 0.29) is 31.4 Å². The molecule has 0 fully saturated rings. The van der Waals surface area contributed by atoms with Crippen LogP contribution in [-0.2, 0) is 19.3 Å². The fraction of sp³-hybridized carbons (Fsp3) is 0.217. The van der Waals surface area contributed by atoms with E-state index in [1.54, 1.807) is 6.07 Å². The summed E-state index contributed by atoms with van der Waals surface area (Å²) in [6, 6.07) is 17.0. The summed E-state index contributed by atoms with van der Waals surface area (Å²) in [5.41, 5.74) is 3.65. The number of aryl methyl sites for hydroxylation is 1. The fourth-order valence-corrected chi connectivity index (χ4v) is 3.98. The van der Waals surface area contributed by atoms with Gasteiger partial charge in [-0.05, 0) is 25.1 Å². The molecule has 0 atom stereocenters. The van der Waals surface area contributed by atoms with E-state index in [0.717, 1.165) is 15.7 Å². The number of nitrogens with zero attached hydrogens (tertiary/aromatic N) is 5. The molecule has 2 aromatic carbocycles. The van der Waals surface area contributed by atoms with Gasteiger partial charge in [-0.15, -0.1) is 10.2 Å². The van der Waals surface area contributed by atoms with Gasteiger partial charge in [0.25, 0.3) is 5.91 Å². The first kappa shape index (κ1) is 20.2. The van der Waals surface area contributed by atoms with Crippen molar-refractivity contribution in [3.05, 3.63) is 77.4 Å². The molecule has 0 unspecified atom stereocenters. The molecule has 32 heavy (non-hydrogen) atoms. The van der Waals surface area contributed by atoms with Crippen molar-refractivity contribution in [2.75, 3.05) is 6.54 Å². The third kappa shape index (κ3) is 3.49. The summed E-state index contributed by atoms with van der Waals surface area (Å²) >= 11 is 0. The van der Waals surface area contributed by atoms with Gasteiger partial charge in [-0.1, -0.05) is 42.0 Å². The number of rotatable bonds is 2. The van der Waals surface area contributed by atoms with Crippen molar-refractivity contribution >= 4 is 16.8 Å². The van der Waals surface area contributed by atoms with Gasteiger partial charge in [0.2, 0.25) is 5.82 Å². The number of carbonyl (C=O) groups excluding carboxylic acids is 1. The van der Waals surface area contributed by atoms with E-state index in [1.807, 2.05) is 55.5 Å². The van der Waals surface area contributed by atoms with Crippen molar-refractivity contribution in [3.8, 4) is 11.3 Å². The number of amides is 1. The molecule has 162 valence electrons. The summed E-state index contributed by atoms with van der Waals surface area (Å²) in [4.78, 5) is 19.8. The van der Waals surface area contributed by atoms with Crippen LogP contribution < -0.4 is 0 Å². The van der Waals surface area contributed by atoms with E-state index < -0.39 is 12.0 Å². The number of pyridine rings is 1. The molecule has 2 aromatic heterocycles. The topological polar surface area (TPSA) is 63.9 Å². The summed E-state index contributed by atoms with van der Waals surface area (Å²) in [6.45, 7) is 2.00. The molecule has 9 heteroatoms. The second-order valence-electron chi connectivity index (χ2n) is 7.76. The summed E-state index contributed by atoms with van der Waals surface area (Å²) < 4.78 is 40.4. The summed E-state index contributed by atoms with van der Waals surface area (Å²) in [5.74, 6) is -1.19. The Labute approximate surface area is 181 Å². The maximum atomic E-state index is 13.5. The van der Waals surface area contributed by atoms with Crippen LogP contribution in [0, 0.1) is 6.92 Å². The molecule has 0 spiro atoms. The minimum atomic E-state index is -4.58. The first-order valence-electron chi connectivity index (χ1n) is 10.1. The Morgan fingerprint density at radius 1 is 1.00 bits per heavy atom. The number of hydrogen-bond acceptors (Lipinski definition) is 4. The van der Waals surface area contributed by atoms with Crippen LogP contribution in [0.4, 0.5) is 13.2 Å². The average Bonchev–Trinajstić information content (AvgIpc) is 3.22. The van der Waals surface area contributed by atoms with Crippen LogP contribution in [0.5, 0.6) is 0 Å². The Balaban J connectivity index is 1.56. The Kier molecular flexibility index (Phi) is 4.69. The van der Waals surface area contributed by atoms with Crippen LogP contribution >= 0.6 is 0 Å². The molecular formula is C23H18F3N5O. The maximum Gasteiger partial charge on any atom is 0.451 e. The smallest absolute Gasteiger partial charge is 0.329 e. The van der Waals surface area contributed by atoms with Crippen LogP contribution in [0.1, 0.15) is 27.6 Å². The van der Waals surface area contributed by atoms with Crippen LogP contribution in [-0.4, -0.2) is 37.1 Å². The van der Waals surface area contributed by atoms with Crippen LogP contribution in [0.2, 0.25) is 0 Å². The lowest BCUT2D eigenvalue weighted by Crippen LogP contribution is -2.39. The molecule has 0 N–H and O–H groups in total. The minimum Gasteiger partial charge on any atom is -0.329 e. The quantitative estimate of drug-likeness (QED) is 0.464. The third-order valence-electron chi connectivity index (χ3n) is 5.56. The molecule has 6 nitrogen and oxygen atoms in total. The van der Waals surface area contributed by atoms with Crippen molar-refractivity contribution in [1.82, 2.24) is 24.6 Å². The van der Waals surface area contributed by atoms with Crippen molar-refractivity contribution < 1.29 is 18.0 Å². The summed E-state index contributed by atoms with van der Waals surface area (Å²) in [7, 11) is 0. The fourth-order valence-electron chi connectivity index (χ4n) is 3.98. The lowest BCUT2D eigenvalue weighted by atomic mass is 10.0. The molecule has 0 saturated heterocycles. The standard InChI is InChI=1S/C23H18F3N5O/c1-14-7-8-18-16(11-14)17(12-19(27-18)15-5-3-2-4-6-15)21(32)30-9-10-31-20(13-30)28-29-22(31)23(24,25)26/h2-8,11-12H,9-10,13H2,1H3. The van der Waals surface area contributed by atoms with Gasteiger partial charge in [0, 0.05) is 24.0 Å². The zero-order valence-corrected chi connectivity index (χ0v) is 17.1. The third-order valence-corrected chi connectivity index (χ3v) is 5.56. The Hall–Kier alpha value is -3.75. The number of alkyl halides is 3. The normalized spacial score (nSPS) is 13.9. The summed E-state index contributed by atoms with van der Waals surface area (Å²) in [5, 5.41) is 7.67. The number of aromatic nitrogens is 4. The van der Waals surface area contributed by atoms with Gasteiger partial charge in [-0.2, -0.15) is 13.2 Å². The van der Waals surface area contributed by atoms with Crippen LogP contribution in [0.25, 0.3) is 22.2 Å². The molecule has 5 rings (SSSR count). The number of benzene rings is 2. The highest BCUT2D eigenvalue weighted by Crippen LogP contribution is 2.31. The molecular weight excluding hydrogens is 419 g/mol. The molecule has 0 radical (unpaired) electrons. The molecule has 3 heterocycles. The van der Waals surface area contributed by atoms with E-state index in [9.17, 15) is 18.0 Å². The lowest BCUT2D eigenvalue weighted by molar-refractivity contribution is -0.147. The Morgan fingerprint density at radius 2 is 1.78 bits per heavy atom. The molecule has 1 amide bonds. The molecule has 0 bridgehead atoms. The van der Waals surface area contributed by atoms with E-state index in [0.29, 0.717) is 22.2 Å². The first-order chi connectivity index (χ1) is 15.3. The van der Waals surface area contributed by atoms with Gasteiger partial charge >= 0.3 is 6.18 Å². The number of carbonyl (C=O) groups is 1. The molecule has 1 aliphatic rings. The molecule has 4 aromatic rings. The van der Waals surface area contributed by atoms with Gasteiger partial charge in [0.15, 0.2) is 5.82 Å². The van der Waals surface area contributed by atoms with E-state index >= 15 is 0 Å². The first-order valence-corrected chi connectivity index (χ1v) is 10.1. The average molecular weight is 437 g/mol. The highest BCUT2D eigenvalue weighted by molar-refractivity contribution is 6.07.